The average Bonchev–Trinajstić information content (AvgIpc) is 2.15. The molecule has 0 amide bonds. The van der Waals surface area contributed by atoms with Crippen LogP contribution in [0.3, 0.4) is 0 Å². The summed E-state index contributed by atoms with van der Waals surface area (Å²) < 4.78 is 36.6. The normalized spacial score (nSPS) is 20.0. The topological polar surface area (TPSA) is 101 Å². The van der Waals surface area contributed by atoms with Gasteiger partial charge in [0.2, 0.25) is 10.0 Å². The second-order valence-corrected chi connectivity index (χ2v) is 6.29. The molecule has 0 fully saturated rings. The predicted molar refractivity (Wildman–Crippen MR) is 60.9 cm³/mol. The average molecular weight is 282 g/mol. The van der Waals surface area contributed by atoms with Gasteiger partial charge in [-0.2, -0.15) is 0 Å². The number of fused-ring (bicyclic) bond motifs is 1. The van der Waals surface area contributed by atoms with Gasteiger partial charge in [0.15, 0.2) is 0 Å². The van der Waals surface area contributed by atoms with E-state index in [2.05, 4.69) is 10.0 Å². The third-order valence-corrected chi connectivity index (χ3v) is 4.54. The summed E-state index contributed by atoms with van der Waals surface area (Å²) in [6, 6.07) is 2.61. The molecule has 16 heavy (non-hydrogen) atoms. The van der Waals surface area contributed by atoms with Crippen LogP contribution >= 0.6 is 11.6 Å². The van der Waals surface area contributed by atoms with Crippen LogP contribution in [0.2, 0.25) is 5.02 Å². The van der Waals surface area contributed by atoms with Gasteiger partial charge in [-0.3, -0.25) is 0 Å². The highest BCUT2D eigenvalue weighted by Gasteiger charge is 2.21. The summed E-state index contributed by atoms with van der Waals surface area (Å²) >= 11 is 5.78. The van der Waals surface area contributed by atoms with Gasteiger partial charge in [0.25, 0.3) is 0 Å². The van der Waals surface area contributed by atoms with Gasteiger partial charge in [-0.1, -0.05) is 11.6 Å². The maximum atomic E-state index is 11.6. The number of nitrogens with one attached hydrogen (secondary N) is 2. The molecule has 0 spiro atoms. The lowest BCUT2D eigenvalue weighted by Gasteiger charge is -2.19. The molecule has 1 aliphatic heterocycles. The Morgan fingerprint density at radius 2 is 2.12 bits per heavy atom. The summed E-state index contributed by atoms with van der Waals surface area (Å²) in [7, 11) is -5.37. The predicted octanol–water partition coefficient (Wildman–Crippen LogP) is -0.0174. The van der Waals surface area contributed by atoms with E-state index in [-0.39, 0.29) is 9.92 Å². The van der Waals surface area contributed by atoms with Crippen molar-refractivity contribution in [1.29, 1.82) is 0 Å². The Balaban J connectivity index is 2.68. The van der Waals surface area contributed by atoms with Crippen molar-refractivity contribution < 1.29 is 12.6 Å². The summed E-state index contributed by atoms with van der Waals surface area (Å²) in [5.41, 5.74) is 0.537. The van der Waals surface area contributed by atoms with Gasteiger partial charge < -0.3 is 5.32 Å². The zero-order chi connectivity index (χ0) is 11.9. The quantitative estimate of drug-likeness (QED) is 0.673. The molecule has 0 aromatic heterocycles. The van der Waals surface area contributed by atoms with Crippen molar-refractivity contribution in [3.8, 4) is 0 Å². The molecule has 1 atom stereocenters. The Morgan fingerprint density at radius 3 is 2.75 bits per heavy atom. The van der Waals surface area contributed by atoms with Crippen LogP contribution in [0.4, 0.5) is 5.69 Å². The SMILES string of the molecule is NS(=O)(=O)c1cc2c(cc1Cl)NCNS2=O. The summed E-state index contributed by atoms with van der Waals surface area (Å²) in [5, 5.41) is 7.88. The number of halogens is 1. The monoisotopic (exact) mass is 281 g/mol. The van der Waals surface area contributed by atoms with Gasteiger partial charge in [-0.25, -0.2) is 22.5 Å². The van der Waals surface area contributed by atoms with E-state index >= 15 is 0 Å². The molecule has 0 saturated carbocycles. The minimum absolute atomic E-state index is 0.00708. The highest BCUT2D eigenvalue weighted by molar-refractivity contribution is 7.89. The second kappa shape index (κ2) is 3.97. The van der Waals surface area contributed by atoms with Crippen LogP contribution in [0.25, 0.3) is 0 Å². The van der Waals surface area contributed by atoms with Crippen molar-refractivity contribution in [2.24, 2.45) is 5.14 Å². The molecule has 0 bridgehead atoms. The van der Waals surface area contributed by atoms with Crippen molar-refractivity contribution in [3.63, 3.8) is 0 Å². The highest BCUT2D eigenvalue weighted by atomic mass is 35.5. The van der Waals surface area contributed by atoms with Gasteiger partial charge in [0.1, 0.15) is 15.9 Å². The van der Waals surface area contributed by atoms with E-state index in [9.17, 15) is 12.6 Å². The summed E-state index contributed by atoms with van der Waals surface area (Å²) in [4.78, 5) is 0.0893. The standard InChI is InChI=1S/C7H8ClN3O3S2/c8-4-1-5-6(15(12)11-3-10-5)2-7(4)16(9,13)14/h1-2,10-11H,3H2,(H2,9,13,14). The van der Waals surface area contributed by atoms with Crippen molar-refractivity contribution in [2.75, 3.05) is 12.0 Å². The molecular formula is C7H8ClN3O3S2. The minimum atomic E-state index is -3.91. The lowest BCUT2D eigenvalue weighted by atomic mass is 10.3. The van der Waals surface area contributed by atoms with Crippen LogP contribution in [0.1, 0.15) is 0 Å². The summed E-state index contributed by atoms with van der Waals surface area (Å²) in [6.45, 7) is 0.324. The lowest BCUT2D eigenvalue weighted by Crippen LogP contribution is -2.30. The highest BCUT2D eigenvalue weighted by Crippen LogP contribution is 2.30. The number of primary sulfonamides is 1. The Hall–Kier alpha value is -0.670. The number of hydrogen-bond donors (Lipinski definition) is 3. The van der Waals surface area contributed by atoms with Crippen LogP contribution in [0.15, 0.2) is 21.9 Å². The first-order valence-electron chi connectivity index (χ1n) is 4.15. The molecule has 4 N–H and O–H groups in total. The van der Waals surface area contributed by atoms with Gasteiger partial charge >= 0.3 is 0 Å². The molecule has 1 aromatic rings. The van der Waals surface area contributed by atoms with Gasteiger partial charge in [-0.05, 0) is 12.1 Å². The van der Waals surface area contributed by atoms with Crippen LogP contribution < -0.4 is 15.2 Å². The molecule has 1 heterocycles. The maximum absolute atomic E-state index is 11.6. The first-order chi connectivity index (χ1) is 7.39. The Bertz CT molecular complexity index is 572. The molecule has 0 aliphatic carbocycles. The molecule has 0 saturated heterocycles. The number of hydrogen-bond acceptors (Lipinski definition) is 4. The molecular weight excluding hydrogens is 274 g/mol. The largest absolute Gasteiger partial charge is 0.371 e. The zero-order valence-corrected chi connectivity index (χ0v) is 10.2. The van der Waals surface area contributed by atoms with Crippen LogP contribution in [0, 0.1) is 0 Å². The molecule has 1 unspecified atom stereocenters. The van der Waals surface area contributed by atoms with E-state index in [1.807, 2.05) is 0 Å². The maximum Gasteiger partial charge on any atom is 0.239 e. The zero-order valence-electron chi connectivity index (χ0n) is 7.86. The van der Waals surface area contributed by atoms with E-state index in [1.54, 1.807) is 0 Å². The second-order valence-electron chi connectivity index (χ2n) is 3.09. The number of rotatable bonds is 1. The number of sulfonamides is 1. The molecule has 1 aliphatic rings. The molecule has 6 nitrogen and oxygen atoms in total. The smallest absolute Gasteiger partial charge is 0.239 e. The number of nitrogens with two attached hydrogens (primary N) is 1. The fraction of sp³-hybridized carbons (Fsp3) is 0.143. The lowest BCUT2D eigenvalue weighted by molar-refractivity contribution is 0.597. The van der Waals surface area contributed by atoms with Gasteiger partial charge in [0, 0.05) is 0 Å². The first-order valence-corrected chi connectivity index (χ1v) is 7.22. The van der Waals surface area contributed by atoms with Crippen LogP contribution in [-0.4, -0.2) is 19.3 Å². The van der Waals surface area contributed by atoms with Gasteiger partial charge in [0.05, 0.1) is 22.3 Å². The van der Waals surface area contributed by atoms with Crippen molar-refractivity contribution in [3.05, 3.63) is 17.2 Å². The Labute approximate surface area is 99.8 Å². The van der Waals surface area contributed by atoms with Crippen molar-refractivity contribution in [2.45, 2.75) is 9.79 Å². The minimum Gasteiger partial charge on any atom is -0.371 e. The third kappa shape index (κ3) is 2.06. The molecule has 88 valence electrons. The first kappa shape index (κ1) is 11.8. The van der Waals surface area contributed by atoms with Crippen LogP contribution in [0.5, 0.6) is 0 Å². The van der Waals surface area contributed by atoms with E-state index in [4.69, 9.17) is 16.7 Å². The van der Waals surface area contributed by atoms with Crippen LogP contribution in [-0.2, 0) is 21.0 Å². The fourth-order valence-corrected chi connectivity index (χ4v) is 3.41. The number of anilines is 1. The van der Waals surface area contributed by atoms with E-state index in [0.29, 0.717) is 17.3 Å². The molecule has 0 radical (unpaired) electrons. The van der Waals surface area contributed by atoms with Crippen molar-refractivity contribution >= 4 is 38.3 Å². The number of benzene rings is 1. The third-order valence-electron chi connectivity index (χ3n) is 2.02. The molecule has 9 heteroatoms. The molecule has 1 aromatic carbocycles. The fourth-order valence-electron chi connectivity index (χ4n) is 1.32. The summed E-state index contributed by atoms with van der Waals surface area (Å²) in [6.07, 6.45) is 0. The van der Waals surface area contributed by atoms with E-state index < -0.39 is 21.0 Å². The van der Waals surface area contributed by atoms with Gasteiger partial charge in [-0.15, -0.1) is 0 Å². The Kier molecular flexibility index (Phi) is 2.93. The molecule has 2 rings (SSSR count). The summed E-state index contributed by atoms with van der Waals surface area (Å²) in [5.74, 6) is 0. The Morgan fingerprint density at radius 1 is 1.44 bits per heavy atom. The van der Waals surface area contributed by atoms with E-state index in [1.165, 1.54) is 12.1 Å². The van der Waals surface area contributed by atoms with Crippen molar-refractivity contribution in [1.82, 2.24) is 4.72 Å². The van der Waals surface area contributed by atoms with E-state index in [0.717, 1.165) is 0 Å².